The Kier molecular flexibility index (Phi) is 7.38. The molecule has 2 N–H and O–H groups in total. The average molecular weight is 396 g/mol. The third-order valence-corrected chi connectivity index (χ3v) is 6.90. The van der Waals surface area contributed by atoms with Gasteiger partial charge in [0, 0.05) is 25.7 Å². The van der Waals surface area contributed by atoms with Crippen molar-refractivity contribution in [1.29, 1.82) is 0 Å². The van der Waals surface area contributed by atoms with E-state index in [9.17, 15) is 18.0 Å². The Balaban J connectivity index is 2.09. The van der Waals surface area contributed by atoms with Gasteiger partial charge in [0.2, 0.25) is 10.0 Å². The Morgan fingerprint density at radius 2 is 1.85 bits per heavy atom. The number of sulfonamides is 1. The zero-order chi connectivity index (χ0) is 20.0. The van der Waals surface area contributed by atoms with Crippen molar-refractivity contribution in [3.8, 4) is 0 Å². The fourth-order valence-electron chi connectivity index (χ4n) is 3.36. The first-order chi connectivity index (χ1) is 12.8. The molecule has 0 radical (unpaired) electrons. The molecule has 1 aromatic rings. The Hall–Kier alpha value is -1.93. The third-order valence-electron chi connectivity index (χ3n) is 4.81. The zero-order valence-electron chi connectivity index (χ0n) is 16.2. The van der Waals surface area contributed by atoms with Crippen LogP contribution in [0.15, 0.2) is 23.1 Å². The van der Waals surface area contributed by atoms with Gasteiger partial charge >= 0.3 is 11.8 Å². The first kappa shape index (κ1) is 21.4. The van der Waals surface area contributed by atoms with Gasteiger partial charge < -0.3 is 10.6 Å². The summed E-state index contributed by atoms with van der Waals surface area (Å²) < 4.78 is 28.0. The molecule has 1 heterocycles. The van der Waals surface area contributed by atoms with E-state index in [1.807, 2.05) is 19.1 Å². The molecule has 27 heavy (non-hydrogen) atoms. The van der Waals surface area contributed by atoms with Crippen LogP contribution in [0.2, 0.25) is 0 Å². The molecular weight excluding hydrogens is 366 g/mol. The van der Waals surface area contributed by atoms with Crippen LogP contribution < -0.4 is 10.6 Å². The summed E-state index contributed by atoms with van der Waals surface area (Å²) >= 11 is 0. The molecule has 2 amide bonds. The molecule has 0 aliphatic carbocycles. The number of benzene rings is 1. The van der Waals surface area contributed by atoms with Crippen molar-refractivity contribution in [3.05, 3.63) is 29.3 Å². The highest BCUT2D eigenvalue weighted by Gasteiger charge is 2.34. The number of amides is 2. The van der Waals surface area contributed by atoms with Crippen molar-refractivity contribution in [3.63, 3.8) is 0 Å². The van der Waals surface area contributed by atoms with Crippen LogP contribution in [0.4, 0.5) is 0 Å². The maximum atomic E-state index is 13.2. The second kappa shape index (κ2) is 9.32. The summed E-state index contributed by atoms with van der Waals surface area (Å²) in [6, 6.07) is 5.26. The van der Waals surface area contributed by atoms with E-state index in [-0.39, 0.29) is 12.6 Å². The average Bonchev–Trinajstić information content (AvgIpc) is 2.64. The minimum Gasteiger partial charge on any atom is -0.348 e. The molecule has 1 fully saturated rings. The zero-order valence-corrected chi connectivity index (χ0v) is 17.1. The molecule has 1 aliphatic rings. The van der Waals surface area contributed by atoms with Crippen LogP contribution in [-0.2, 0) is 19.6 Å². The molecule has 1 atom stereocenters. The van der Waals surface area contributed by atoms with Crippen molar-refractivity contribution in [1.82, 2.24) is 14.9 Å². The lowest BCUT2D eigenvalue weighted by Crippen LogP contribution is -2.46. The van der Waals surface area contributed by atoms with Gasteiger partial charge in [-0.1, -0.05) is 18.6 Å². The molecule has 8 heteroatoms. The molecular formula is C19H29N3O4S. The largest absolute Gasteiger partial charge is 0.348 e. The maximum absolute atomic E-state index is 13.2. The lowest BCUT2D eigenvalue weighted by Gasteiger charge is -2.35. The number of aryl methyl sites for hydroxylation is 2. The van der Waals surface area contributed by atoms with Gasteiger partial charge in [-0.2, -0.15) is 4.31 Å². The second-order valence-electron chi connectivity index (χ2n) is 6.94. The van der Waals surface area contributed by atoms with E-state index in [0.29, 0.717) is 24.4 Å². The Labute approximate surface area is 161 Å². The van der Waals surface area contributed by atoms with E-state index >= 15 is 0 Å². The fraction of sp³-hybridized carbons (Fsp3) is 0.579. The van der Waals surface area contributed by atoms with E-state index in [0.717, 1.165) is 30.4 Å². The summed E-state index contributed by atoms with van der Waals surface area (Å²) in [6.45, 7) is 6.55. The van der Waals surface area contributed by atoms with E-state index in [1.54, 1.807) is 24.2 Å². The van der Waals surface area contributed by atoms with Crippen LogP contribution >= 0.6 is 0 Å². The smallest absolute Gasteiger partial charge is 0.309 e. The first-order valence-electron chi connectivity index (χ1n) is 9.42. The standard InChI is InChI=1S/C19H29N3O4S/c1-4-20-18(23)19(24)21-11-10-16-7-5-6-12-22(16)27(25,26)17-13-14(2)8-9-15(17)3/h8-9,13,16H,4-7,10-12H2,1-3H3,(H,20,23)(H,21,24). The fourth-order valence-corrected chi connectivity index (χ4v) is 5.40. The molecule has 7 nitrogen and oxygen atoms in total. The highest BCUT2D eigenvalue weighted by molar-refractivity contribution is 7.89. The van der Waals surface area contributed by atoms with Crippen LogP contribution in [0.25, 0.3) is 0 Å². The van der Waals surface area contributed by atoms with Crippen LogP contribution in [0.1, 0.15) is 43.7 Å². The number of piperidine rings is 1. The molecule has 0 bridgehead atoms. The molecule has 1 unspecified atom stereocenters. The van der Waals surface area contributed by atoms with Gasteiger partial charge in [0.1, 0.15) is 0 Å². The van der Waals surface area contributed by atoms with Crippen molar-refractivity contribution in [2.24, 2.45) is 0 Å². The SMILES string of the molecule is CCNC(=O)C(=O)NCCC1CCCCN1S(=O)(=O)c1cc(C)ccc1C. The predicted octanol–water partition coefficient (Wildman–Crippen LogP) is 1.49. The van der Waals surface area contributed by atoms with Crippen LogP contribution in [-0.4, -0.2) is 50.2 Å². The van der Waals surface area contributed by atoms with Crippen LogP contribution in [0.5, 0.6) is 0 Å². The number of carbonyl (C=O) groups is 2. The number of nitrogens with zero attached hydrogens (tertiary/aromatic N) is 1. The van der Waals surface area contributed by atoms with Gasteiger partial charge in [-0.15, -0.1) is 0 Å². The molecule has 0 saturated carbocycles. The third kappa shape index (κ3) is 5.29. The lowest BCUT2D eigenvalue weighted by molar-refractivity contribution is -0.139. The monoisotopic (exact) mass is 395 g/mol. The van der Waals surface area contributed by atoms with Crippen molar-refractivity contribution in [2.45, 2.75) is 57.4 Å². The first-order valence-corrected chi connectivity index (χ1v) is 10.9. The van der Waals surface area contributed by atoms with Gasteiger partial charge in [0.25, 0.3) is 0 Å². The quantitative estimate of drug-likeness (QED) is 0.714. The maximum Gasteiger partial charge on any atom is 0.309 e. The molecule has 1 aliphatic heterocycles. The number of hydrogen-bond donors (Lipinski definition) is 2. The van der Waals surface area contributed by atoms with Crippen molar-refractivity contribution < 1.29 is 18.0 Å². The molecule has 150 valence electrons. The Morgan fingerprint density at radius 1 is 1.15 bits per heavy atom. The highest BCUT2D eigenvalue weighted by Crippen LogP contribution is 2.29. The number of likely N-dealkylation sites (N-methyl/N-ethyl adjacent to an activating group) is 1. The highest BCUT2D eigenvalue weighted by atomic mass is 32.2. The number of carbonyl (C=O) groups excluding carboxylic acids is 2. The van der Waals surface area contributed by atoms with Gasteiger partial charge in [-0.3, -0.25) is 9.59 Å². The summed E-state index contributed by atoms with van der Waals surface area (Å²) in [5, 5.41) is 5.02. The van der Waals surface area contributed by atoms with Crippen molar-refractivity contribution >= 4 is 21.8 Å². The topological polar surface area (TPSA) is 95.6 Å². The summed E-state index contributed by atoms with van der Waals surface area (Å²) in [7, 11) is -3.60. The lowest BCUT2D eigenvalue weighted by atomic mass is 10.0. The molecule has 2 rings (SSSR count). The Morgan fingerprint density at radius 3 is 2.56 bits per heavy atom. The molecule has 0 spiro atoms. The normalized spacial score (nSPS) is 18.1. The van der Waals surface area contributed by atoms with Crippen molar-refractivity contribution in [2.75, 3.05) is 19.6 Å². The molecule has 0 aromatic heterocycles. The summed E-state index contributed by atoms with van der Waals surface area (Å²) in [5.74, 6) is -1.35. The minimum absolute atomic E-state index is 0.182. The number of hydrogen-bond acceptors (Lipinski definition) is 4. The Bertz CT molecular complexity index is 792. The summed E-state index contributed by atoms with van der Waals surface area (Å²) in [4.78, 5) is 23.5. The minimum atomic E-state index is -3.60. The van der Waals surface area contributed by atoms with Gasteiger partial charge in [0.05, 0.1) is 4.90 Å². The van der Waals surface area contributed by atoms with Gasteiger partial charge in [-0.05, 0) is 57.2 Å². The van der Waals surface area contributed by atoms with E-state index in [1.165, 1.54) is 0 Å². The van der Waals surface area contributed by atoms with Gasteiger partial charge in [-0.25, -0.2) is 8.42 Å². The van der Waals surface area contributed by atoms with Crippen LogP contribution in [0, 0.1) is 13.8 Å². The molecule has 1 aromatic carbocycles. The van der Waals surface area contributed by atoms with Crippen LogP contribution in [0.3, 0.4) is 0 Å². The summed E-state index contributed by atoms with van der Waals surface area (Å²) in [5.41, 5.74) is 1.64. The second-order valence-corrected chi connectivity index (χ2v) is 8.80. The number of rotatable bonds is 6. The predicted molar refractivity (Wildman–Crippen MR) is 104 cm³/mol. The summed E-state index contributed by atoms with van der Waals surface area (Å²) in [6.07, 6.45) is 3.01. The molecule has 1 saturated heterocycles. The van der Waals surface area contributed by atoms with E-state index in [2.05, 4.69) is 10.6 Å². The van der Waals surface area contributed by atoms with E-state index < -0.39 is 21.8 Å². The van der Waals surface area contributed by atoms with Gasteiger partial charge in [0.15, 0.2) is 0 Å². The number of nitrogens with one attached hydrogen (secondary N) is 2. The van der Waals surface area contributed by atoms with E-state index in [4.69, 9.17) is 0 Å².